The van der Waals surface area contributed by atoms with Gasteiger partial charge in [-0.15, -0.1) is 11.3 Å². The highest BCUT2D eigenvalue weighted by Crippen LogP contribution is 2.28. The molecule has 0 aliphatic carbocycles. The van der Waals surface area contributed by atoms with Crippen LogP contribution in [-0.4, -0.2) is 38.8 Å². The molecule has 0 fully saturated rings. The number of fused-ring (bicyclic) bond motifs is 1. The van der Waals surface area contributed by atoms with Crippen molar-refractivity contribution in [3.05, 3.63) is 77.8 Å². The van der Waals surface area contributed by atoms with Gasteiger partial charge in [-0.1, -0.05) is 50.2 Å². The lowest BCUT2D eigenvalue weighted by molar-refractivity contribution is -0.142. The third-order valence-electron chi connectivity index (χ3n) is 5.57. The first-order chi connectivity index (χ1) is 17.3. The maximum atomic E-state index is 12.6. The Balaban J connectivity index is 1.49. The molecule has 4 aromatic rings. The summed E-state index contributed by atoms with van der Waals surface area (Å²) in [6, 6.07) is 20.8. The van der Waals surface area contributed by atoms with Crippen LogP contribution in [-0.2, 0) is 20.8 Å². The molecule has 0 spiro atoms. The molecule has 1 aromatic heterocycles. The number of carbonyl (C=O) groups is 2. The Morgan fingerprint density at radius 2 is 1.61 bits per heavy atom. The summed E-state index contributed by atoms with van der Waals surface area (Å²) < 4.78 is 30.8. The van der Waals surface area contributed by atoms with Gasteiger partial charge in [0.05, 0.1) is 17.3 Å². The van der Waals surface area contributed by atoms with Crippen molar-refractivity contribution in [2.75, 3.05) is 16.7 Å². The number of hydrogen-bond donors (Lipinski definition) is 1. The average Bonchev–Trinajstić information content (AvgIpc) is 3.32. The zero-order chi connectivity index (χ0) is 25.8. The summed E-state index contributed by atoms with van der Waals surface area (Å²) in [5.41, 5.74) is 3.50. The Kier molecular flexibility index (Phi) is 7.78. The minimum Gasteiger partial charge on any atom is -0.755 e. The molecule has 0 aliphatic rings. The SMILES string of the molecule is COC(=O)C(C(C)C)N(c1ccc(-c2ccc(NC(=O)c3nc4ccccc4s3)cc2)cc1)S(=O)[O-]. The van der Waals surface area contributed by atoms with Crippen molar-refractivity contribution in [2.45, 2.75) is 19.9 Å². The molecule has 36 heavy (non-hydrogen) atoms. The molecule has 0 saturated carbocycles. The zero-order valence-corrected chi connectivity index (χ0v) is 21.5. The first-order valence-corrected chi connectivity index (χ1v) is 13.0. The number of carbonyl (C=O) groups excluding carboxylic acids is 2. The predicted molar refractivity (Wildman–Crippen MR) is 141 cm³/mol. The van der Waals surface area contributed by atoms with E-state index >= 15 is 0 Å². The molecular weight excluding hydrogens is 498 g/mol. The molecule has 2 atom stereocenters. The Morgan fingerprint density at radius 3 is 2.17 bits per heavy atom. The summed E-state index contributed by atoms with van der Waals surface area (Å²) in [5, 5.41) is 3.25. The van der Waals surface area contributed by atoms with Gasteiger partial charge in [0.15, 0.2) is 5.01 Å². The highest BCUT2D eigenvalue weighted by Gasteiger charge is 2.31. The van der Waals surface area contributed by atoms with E-state index in [2.05, 4.69) is 10.3 Å². The van der Waals surface area contributed by atoms with Crippen LogP contribution >= 0.6 is 11.3 Å². The lowest BCUT2D eigenvalue weighted by Gasteiger charge is -2.35. The molecule has 10 heteroatoms. The molecule has 2 unspecified atom stereocenters. The van der Waals surface area contributed by atoms with Crippen LogP contribution < -0.4 is 9.62 Å². The van der Waals surface area contributed by atoms with Crippen molar-refractivity contribution < 1.29 is 23.1 Å². The van der Waals surface area contributed by atoms with E-state index in [9.17, 15) is 18.4 Å². The van der Waals surface area contributed by atoms with Crippen molar-refractivity contribution in [1.29, 1.82) is 0 Å². The number of para-hydroxylation sites is 1. The first kappa shape index (κ1) is 25.5. The van der Waals surface area contributed by atoms with E-state index in [0.717, 1.165) is 25.6 Å². The fraction of sp³-hybridized carbons (Fsp3) is 0.192. The number of esters is 1. The minimum atomic E-state index is -2.67. The number of thiazole rings is 1. The van der Waals surface area contributed by atoms with Crippen LogP contribution in [0, 0.1) is 5.92 Å². The number of aromatic nitrogens is 1. The molecule has 4 rings (SSSR count). The molecule has 3 aromatic carbocycles. The maximum absolute atomic E-state index is 12.6. The number of methoxy groups -OCH3 is 1. The van der Waals surface area contributed by atoms with Crippen LogP contribution in [0.3, 0.4) is 0 Å². The lowest BCUT2D eigenvalue weighted by atomic mass is 10.0. The second-order valence-electron chi connectivity index (χ2n) is 8.32. The standard InChI is InChI=1S/C26H25N3O5S2/c1-16(2)23(26(31)34-3)29(36(32)33)20-14-10-18(11-15-20)17-8-12-19(13-9-17)27-24(30)25-28-21-6-4-5-7-22(21)35-25/h4-16,23H,1-3H3,(H,27,30)(H,32,33)/p-1. The van der Waals surface area contributed by atoms with Crippen molar-refractivity contribution in [3.8, 4) is 11.1 Å². The van der Waals surface area contributed by atoms with E-state index in [1.165, 1.54) is 18.4 Å². The van der Waals surface area contributed by atoms with Crippen LogP contribution in [0.15, 0.2) is 72.8 Å². The summed E-state index contributed by atoms with van der Waals surface area (Å²) in [6.45, 7) is 3.51. The quantitative estimate of drug-likeness (QED) is 0.257. The van der Waals surface area contributed by atoms with Crippen molar-refractivity contribution >= 4 is 56.1 Å². The Morgan fingerprint density at radius 1 is 1.00 bits per heavy atom. The second kappa shape index (κ2) is 11.0. The molecule has 1 N–H and O–H groups in total. The van der Waals surface area contributed by atoms with Gasteiger partial charge in [0.25, 0.3) is 5.91 Å². The maximum Gasteiger partial charge on any atom is 0.329 e. The number of ether oxygens (including phenoxy) is 1. The number of rotatable bonds is 8. The van der Waals surface area contributed by atoms with Gasteiger partial charge in [0, 0.05) is 22.6 Å². The molecule has 186 valence electrons. The van der Waals surface area contributed by atoms with Gasteiger partial charge in [-0.05, 0) is 53.4 Å². The molecule has 8 nitrogen and oxygen atoms in total. The van der Waals surface area contributed by atoms with E-state index in [1.54, 1.807) is 50.2 Å². The smallest absolute Gasteiger partial charge is 0.329 e. The van der Waals surface area contributed by atoms with Crippen molar-refractivity contribution in [1.82, 2.24) is 4.98 Å². The molecule has 0 aliphatic heterocycles. The Bertz CT molecular complexity index is 1370. The van der Waals surface area contributed by atoms with Crippen LogP contribution in [0.25, 0.3) is 21.3 Å². The lowest BCUT2D eigenvalue weighted by Crippen LogP contribution is -2.46. The molecule has 0 radical (unpaired) electrons. The Labute approximate surface area is 215 Å². The van der Waals surface area contributed by atoms with Gasteiger partial charge < -0.3 is 14.6 Å². The number of benzene rings is 3. The molecular formula is C26H24N3O5S2-. The zero-order valence-electron chi connectivity index (χ0n) is 19.8. The number of nitrogens with zero attached hydrogens (tertiary/aromatic N) is 2. The third-order valence-corrected chi connectivity index (χ3v) is 7.37. The largest absolute Gasteiger partial charge is 0.755 e. The molecule has 1 amide bonds. The van der Waals surface area contributed by atoms with Gasteiger partial charge in [-0.3, -0.25) is 13.3 Å². The molecule has 0 saturated heterocycles. The van der Waals surface area contributed by atoms with Crippen molar-refractivity contribution in [3.63, 3.8) is 0 Å². The third kappa shape index (κ3) is 5.46. The van der Waals surface area contributed by atoms with E-state index < -0.39 is 23.3 Å². The number of nitrogens with one attached hydrogen (secondary N) is 1. The highest BCUT2D eigenvalue weighted by molar-refractivity contribution is 7.80. The Hall–Kier alpha value is -3.60. The summed E-state index contributed by atoms with van der Waals surface area (Å²) in [5.74, 6) is -1.19. The highest BCUT2D eigenvalue weighted by atomic mass is 32.2. The number of hydrogen-bond acceptors (Lipinski definition) is 7. The summed E-state index contributed by atoms with van der Waals surface area (Å²) >= 11 is -1.33. The fourth-order valence-corrected chi connectivity index (χ4v) is 5.47. The summed E-state index contributed by atoms with van der Waals surface area (Å²) in [6.07, 6.45) is 0. The van der Waals surface area contributed by atoms with Gasteiger partial charge in [-0.2, -0.15) is 0 Å². The average molecular weight is 523 g/mol. The van der Waals surface area contributed by atoms with E-state index in [-0.39, 0.29) is 11.8 Å². The van der Waals surface area contributed by atoms with Gasteiger partial charge in [-0.25, -0.2) is 9.78 Å². The minimum absolute atomic E-state index is 0.274. The topological polar surface area (TPSA) is 112 Å². The second-order valence-corrected chi connectivity index (χ2v) is 10.2. The summed E-state index contributed by atoms with van der Waals surface area (Å²) in [7, 11) is 1.23. The van der Waals surface area contributed by atoms with E-state index in [4.69, 9.17) is 4.74 Å². The number of anilines is 2. The van der Waals surface area contributed by atoms with Gasteiger partial charge >= 0.3 is 5.97 Å². The monoisotopic (exact) mass is 522 g/mol. The van der Waals surface area contributed by atoms with Crippen LogP contribution in [0.2, 0.25) is 0 Å². The molecule has 1 heterocycles. The van der Waals surface area contributed by atoms with Gasteiger partial charge in [0.2, 0.25) is 0 Å². The van der Waals surface area contributed by atoms with Crippen LogP contribution in [0.5, 0.6) is 0 Å². The van der Waals surface area contributed by atoms with Crippen molar-refractivity contribution in [2.24, 2.45) is 5.92 Å². The predicted octanol–water partition coefficient (Wildman–Crippen LogP) is 5.01. The van der Waals surface area contributed by atoms with E-state index in [1.807, 2.05) is 36.4 Å². The fourth-order valence-electron chi connectivity index (χ4n) is 3.80. The number of amides is 1. The first-order valence-electron chi connectivity index (χ1n) is 11.1. The van der Waals surface area contributed by atoms with Crippen LogP contribution in [0.4, 0.5) is 11.4 Å². The normalized spacial score (nSPS) is 12.8. The van der Waals surface area contributed by atoms with E-state index in [0.29, 0.717) is 16.4 Å². The van der Waals surface area contributed by atoms with Crippen LogP contribution in [0.1, 0.15) is 23.6 Å². The van der Waals surface area contributed by atoms with Gasteiger partial charge in [0.1, 0.15) is 6.04 Å². The molecule has 0 bridgehead atoms. The summed E-state index contributed by atoms with van der Waals surface area (Å²) in [4.78, 5) is 29.2.